The first-order chi connectivity index (χ1) is 6.81. The smallest absolute Gasteiger partial charge is 0.198 e. The van der Waals surface area contributed by atoms with Crippen molar-refractivity contribution in [3.63, 3.8) is 0 Å². The number of carbonyl (C=O) groups is 1. The highest BCUT2D eigenvalue weighted by atomic mass is 32.1. The summed E-state index contributed by atoms with van der Waals surface area (Å²) in [4.78, 5) is 12.3. The minimum absolute atomic E-state index is 0.0497. The van der Waals surface area contributed by atoms with E-state index in [9.17, 15) is 4.79 Å². The van der Waals surface area contributed by atoms with Crippen molar-refractivity contribution in [1.82, 2.24) is 0 Å². The molecule has 0 atom stereocenters. The van der Waals surface area contributed by atoms with Gasteiger partial charge in [0.1, 0.15) is 6.61 Å². The van der Waals surface area contributed by atoms with Crippen molar-refractivity contribution < 1.29 is 9.53 Å². The first-order valence-corrected chi connectivity index (χ1v) is 5.13. The summed E-state index contributed by atoms with van der Waals surface area (Å²) in [6.45, 7) is 0.160. The molecule has 1 heterocycles. The predicted octanol–water partition coefficient (Wildman–Crippen LogP) is 2.73. The van der Waals surface area contributed by atoms with E-state index in [4.69, 9.17) is 4.74 Å². The van der Waals surface area contributed by atoms with Crippen LogP contribution in [0.25, 0.3) is 10.1 Å². The topological polar surface area (TPSA) is 26.3 Å². The van der Waals surface area contributed by atoms with Crippen LogP contribution in [0.4, 0.5) is 0 Å². The minimum atomic E-state index is 0.0497. The van der Waals surface area contributed by atoms with E-state index in [1.165, 1.54) is 18.4 Å². The molecule has 2 rings (SSSR count). The number of carbonyl (C=O) groups excluding carboxylic acids is 1. The average Bonchev–Trinajstić information content (AvgIpc) is 2.61. The molecule has 14 heavy (non-hydrogen) atoms. The predicted molar refractivity (Wildman–Crippen MR) is 58.0 cm³/mol. The maximum Gasteiger partial charge on any atom is 0.198 e. The average molecular weight is 206 g/mol. The van der Waals surface area contributed by atoms with Gasteiger partial charge < -0.3 is 4.74 Å². The molecule has 0 unspecified atom stereocenters. The van der Waals surface area contributed by atoms with E-state index in [1.807, 2.05) is 30.3 Å². The molecule has 2 aromatic rings. The van der Waals surface area contributed by atoms with Crippen molar-refractivity contribution in [3.8, 4) is 0 Å². The maximum absolute atomic E-state index is 11.5. The highest BCUT2D eigenvalue weighted by Crippen LogP contribution is 2.25. The van der Waals surface area contributed by atoms with Gasteiger partial charge in [-0.15, -0.1) is 11.3 Å². The van der Waals surface area contributed by atoms with Crippen LogP contribution < -0.4 is 0 Å². The molecule has 0 saturated carbocycles. The molecule has 2 nitrogen and oxygen atoms in total. The Bertz CT molecular complexity index is 426. The fourth-order valence-electron chi connectivity index (χ4n) is 1.32. The summed E-state index contributed by atoms with van der Waals surface area (Å²) < 4.78 is 5.96. The molecular formula is C11H10O2S. The zero-order chi connectivity index (χ0) is 9.97. The summed E-state index contributed by atoms with van der Waals surface area (Å²) in [7, 11) is 1.53. The second kappa shape index (κ2) is 3.90. The quantitative estimate of drug-likeness (QED) is 0.722. The van der Waals surface area contributed by atoms with Gasteiger partial charge in [0.15, 0.2) is 5.78 Å². The number of ketones is 1. The van der Waals surface area contributed by atoms with E-state index in [2.05, 4.69) is 0 Å². The van der Waals surface area contributed by atoms with Crippen LogP contribution in [0.3, 0.4) is 0 Å². The minimum Gasteiger partial charge on any atom is -0.376 e. The molecule has 0 aliphatic heterocycles. The zero-order valence-electron chi connectivity index (χ0n) is 7.82. The Morgan fingerprint density at radius 1 is 1.43 bits per heavy atom. The van der Waals surface area contributed by atoms with Crippen molar-refractivity contribution in [2.24, 2.45) is 0 Å². The summed E-state index contributed by atoms with van der Waals surface area (Å²) in [5.74, 6) is 0.0497. The van der Waals surface area contributed by atoms with E-state index >= 15 is 0 Å². The van der Waals surface area contributed by atoms with Gasteiger partial charge in [0.05, 0.1) is 4.88 Å². The highest BCUT2D eigenvalue weighted by Gasteiger charge is 2.08. The van der Waals surface area contributed by atoms with Crippen LogP contribution >= 0.6 is 11.3 Å². The van der Waals surface area contributed by atoms with Gasteiger partial charge >= 0.3 is 0 Å². The number of hydrogen-bond acceptors (Lipinski definition) is 3. The largest absolute Gasteiger partial charge is 0.376 e. The Balaban J connectivity index is 2.40. The van der Waals surface area contributed by atoms with Crippen LogP contribution in [-0.2, 0) is 4.74 Å². The van der Waals surface area contributed by atoms with Crippen LogP contribution in [0, 0.1) is 0 Å². The molecule has 1 aromatic heterocycles. The molecule has 0 amide bonds. The number of benzene rings is 1. The standard InChI is InChI=1S/C11H10O2S/c1-13-7-9(12)11-6-8-4-2-3-5-10(8)14-11/h2-6H,7H2,1H3. The van der Waals surface area contributed by atoms with Gasteiger partial charge in [0.25, 0.3) is 0 Å². The lowest BCUT2D eigenvalue weighted by atomic mass is 10.2. The Labute approximate surface area is 86.1 Å². The maximum atomic E-state index is 11.5. The molecule has 0 saturated heterocycles. The second-order valence-electron chi connectivity index (χ2n) is 3.00. The van der Waals surface area contributed by atoms with Crippen LogP contribution in [0.1, 0.15) is 9.67 Å². The number of hydrogen-bond donors (Lipinski definition) is 0. The second-order valence-corrected chi connectivity index (χ2v) is 4.09. The van der Waals surface area contributed by atoms with Gasteiger partial charge in [-0.05, 0) is 17.5 Å². The van der Waals surface area contributed by atoms with Gasteiger partial charge in [-0.25, -0.2) is 0 Å². The Morgan fingerprint density at radius 3 is 2.93 bits per heavy atom. The molecule has 0 bridgehead atoms. The molecule has 1 aromatic carbocycles. The number of ether oxygens (including phenoxy) is 1. The molecular weight excluding hydrogens is 196 g/mol. The Kier molecular flexibility index (Phi) is 2.61. The van der Waals surface area contributed by atoms with Gasteiger partial charge in [0, 0.05) is 11.8 Å². The SMILES string of the molecule is COCC(=O)c1cc2ccccc2s1. The number of fused-ring (bicyclic) bond motifs is 1. The van der Waals surface area contributed by atoms with Crippen molar-refractivity contribution in [2.45, 2.75) is 0 Å². The number of rotatable bonds is 3. The monoisotopic (exact) mass is 206 g/mol. The van der Waals surface area contributed by atoms with E-state index in [1.54, 1.807) is 0 Å². The van der Waals surface area contributed by atoms with Crippen LogP contribution in [0.2, 0.25) is 0 Å². The third-order valence-corrected chi connectivity index (χ3v) is 3.13. The fraction of sp³-hybridized carbons (Fsp3) is 0.182. The van der Waals surface area contributed by atoms with E-state index < -0.39 is 0 Å². The van der Waals surface area contributed by atoms with Crippen molar-refractivity contribution >= 4 is 27.2 Å². The molecule has 0 radical (unpaired) electrons. The van der Waals surface area contributed by atoms with Crippen molar-refractivity contribution in [1.29, 1.82) is 0 Å². The highest BCUT2D eigenvalue weighted by molar-refractivity contribution is 7.20. The number of methoxy groups -OCH3 is 1. The summed E-state index contributed by atoms with van der Waals surface area (Å²) in [5, 5.41) is 1.12. The van der Waals surface area contributed by atoms with E-state index in [0.717, 1.165) is 15.0 Å². The summed E-state index contributed by atoms with van der Waals surface area (Å²) >= 11 is 1.52. The van der Waals surface area contributed by atoms with Gasteiger partial charge in [0.2, 0.25) is 0 Å². The van der Waals surface area contributed by atoms with Crippen LogP contribution in [0.5, 0.6) is 0 Å². The van der Waals surface area contributed by atoms with Gasteiger partial charge in [-0.1, -0.05) is 18.2 Å². The Hall–Kier alpha value is -1.19. The number of Topliss-reactive ketones (excluding diaryl/α,β-unsaturated/α-hetero) is 1. The van der Waals surface area contributed by atoms with Gasteiger partial charge in [-0.3, -0.25) is 4.79 Å². The summed E-state index contributed by atoms with van der Waals surface area (Å²) in [6.07, 6.45) is 0. The van der Waals surface area contributed by atoms with E-state index in [-0.39, 0.29) is 12.4 Å². The van der Waals surface area contributed by atoms with Crippen molar-refractivity contribution in [2.75, 3.05) is 13.7 Å². The number of thiophene rings is 1. The van der Waals surface area contributed by atoms with Crippen LogP contribution in [0.15, 0.2) is 30.3 Å². The molecule has 72 valence electrons. The van der Waals surface area contributed by atoms with E-state index in [0.29, 0.717) is 0 Å². The fourth-order valence-corrected chi connectivity index (χ4v) is 2.31. The lowest BCUT2D eigenvalue weighted by Gasteiger charge is -1.92. The summed E-state index contributed by atoms with van der Waals surface area (Å²) in [6, 6.07) is 9.89. The lowest BCUT2D eigenvalue weighted by Crippen LogP contribution is -2.04. The van der Waals surface area contributed by atoms with Crippen molar-refractivity contribution in [3.05, 3.63) is 35.2 Å². The van der Waals surface area contributed by atoms with Crippen LogP contribution in [-0.4, -0.2) is 19.5 Å². The molecule has 0 aliphatic rings. The lowest BCUT2D eigenvalue weighted by molar-refractivity contribution is 0.0852. The molecule has 0 N–H and O–H groups in total. The summed E-state index contributed by atoms with van der Waals surface area (Å²) in [5.41, 5.74) is 0. The zero-order valence-corrected chi connectivity index (χ0v) is 8.64. The molecule has 0 fully saturated rings. The Morgan fingerprint density at radius 2 is 2.21 bits per heavy atom. The first kappa shape index (κ1) is 9.37. The molecule has 0 spiro atoms. The third-order valence-electron chi connectivity index (χ3n) is 1.98. The molecule has 0 aliphatic carbocycles. The van der Waals surface area contributed by atoms with Gasteiger partial charge in [-0.2, -0.15) is 0 Å². The third kappa shape index (κ3) is 1.69. The normalized spacial score (nSPS) is 10.6. The first-order valence-electron chi connectivity index (χ1n) is 4.32. The molecule has 3 heteroatoms.